The van der Waals surface area contributed by atoms with Gasteiger partial charge in [0.1, 0.15) is 12.6 Å². The summed E-state index contributed by atoms with van der Waals surface area (Å²) in [4.78, 5) is 27.9. The molecule has 2 aromatic rings. The number of amides is 2. The van der Waals surface area contributed by atoms with Crippen molar-refractivity contribution in [3.8, 4) is 11.5 Å². The summed E-state index contributed by atoms with van der Waals surface area (Å²) in [6, 6.07) is 8.32. The van der Waals surface area contributed by atoms with Crippen LogP contribution in [0.3, 0.4) is 0 Å². The zero-order valence-electron chi connectivity index (χ0n) is 21.7. The average molecular weight is 575 g/mol. The Morgan fingerprint density at radius 1 is 1.03 bits per heavy atom. The Hall–Kier alpha value is -2.69. The van der Waals surface area contributed by atoms with Crippen molar-refractivity contribution in [2.45, 2.75) is 45.8 Å². The normalized spacial score (nSPS) is 12.9. The first-order valence-electron chi connectivity index (χ1n) is 11.6. The van der Waals surface area contributed by atoms with Gasteiger partial charge in [0.25, 0.3) is 0 Å². The lowest BCUT2D eigenvalue weighted by molar-refractivity contribution is -0.139. The highest BCUT2D eigenvalue weighted by Crippen LogP contribution is 2.32. The van der Waals surface area contributed by atoms with Gasteiger partial charge in [-0.2, -0.15) is 0 Å². The molecule has 12 heteroatoms. The number of carbonyl (C=O) groups excluding carboxylic acids is 2. The van der Waals surface area contributed by atoms with Crippen molar-refractivity contribution in [2.75, 3.05) is 31.3 Å². The predicted octanol–water partition coefficient (Wildman–Crippen LogP) is 4.11. The number of ether oxygens (including phenoxy) is 2. The molecule has 9 nitrogen and oxygen atoms in total. The molecule has 0 aliphatic heterocycles. The van der Waals surface area contributed by atoms with Gasteiger partial charge in [0.15, 0.2) is 11.5 Å². The number of hydrogen-bond acceptors (Lipinski definition) is 6. The van der Waals surface area contributed by atoms with Crippen molar-refractivity contribution < 1.29 is 27.5 Å². The zero-order chi connectivity index (χ0) is 27.9. The molecule has 0 aromatic heterocycles. The van der Waals surface area contributed by atoms with Crippen molar-refractivity contribution in [3.63, 3.8) is 0 Å². The van der Waals surface area contributed by atoms with Crippen LogP contribution in [0.4, 0.5) is 5.69 Å². The van der Waals surface area contributed by atoms with Crippen LogP contribution in [0.2, 0.25) is 10.0 Å². The van der Waals surface area contributed by atoms with E-state index in [-0.39, 0.29) is 24.2 Å². The maximum atomic E-state index is 13.6. The van der Waals surface area contributed by atoms with Crippen molar-refractivity contribution in [3.05, 3.63) is 52.0 Å². The number of methoxy groups -OCH3 is 2. The minimum Gasteiger partial charge on any atom is -0.493 e. The molecule has 2 unspecified atom stereocenters. The molecule has 2 atom stereocenters. The van der Waals surface area contributed by atoms with Crippen LogP contribution >= 0.6 is 23.2 Å². The fraction of sp³-hybridized carbons (Fsp3) is 0.440. The van der Waals surface area contributed by atoms with E-state index in [1.807, 2.05) is 13.8 Å². The lowest BCUT2D eigenvalue weighted by Gasteiger charge is -2.32. The third-order valence-corrected chi connectivity index (χ3v) is 7.59. The summed E-state index contributed by atoms with van der Waals surface area (Å²) in [7, 11) is -1.02. The molecule has 2 rings (SSSR count). The smallest absolute Gasteiger partial charge is 0.244 e. The second kappa shape index (κ2) is 13.2. The van der Waals surface area contributed by atoms with Crippen molar-refractivity contribution in [2.24, 2.45) is 0 Å². The number of nitrogens with one attached hydrogen (secondary N) is 1. The molecular formula is C25H33Cl2N3O6S. The van der Waals surface area contributed by atoms with Crippen LogP contribution in [0.5, 0.6) is 11.5 Å². The standard InChI is InChI=1S/C25H33Cl2N3O6S/c1-7-16(2)28-25(32)17(3)29(14-18-8-9-19(26)12-21(18)27)24(31)15-30(37(6,33)34)20-10-11-22(35-4)23(13-20)36-5/h8-13,16-17H,7,14-15H2,1-6H3,(H,28,32). The predicted molar refractivity (Wildman–Crippen MR) is 146 cm³/mol. The average Bonchev–Trinajstić information content (AvgIpc) is 2.84. The molecule has 0 radical (unpaired) electrons. The Balaban J connectivity index is 2.47. The molecule has 0 heterocycles. The third kappa shape index (κ3) is 8.15. The van der Waals surface area contributed by atoms with Crippen LogP contribution in [-0.2, 0) is 26.2 Å². The molecule has 0 saturated carbocycles. The van der Waals surface area contributed by atoms with Gasteiger partial charge in [0.05, 0.1) is 26.2 Å². The van der Waals surface area contributed by atoms with E-state index in [1.54, 1.807) is 25.1 Å². The zero-order valence-corrected chi connectivity index (χ0v) is 24.1. The Morgan fingerprint density at radius 2 is 1.68 bits per heavy atom. The van der Waals surface area contributed by atoms with Gasteiger partial charge in [-0.05, 0) is 50.1 Å². The number of carbonyl (C=O) groups is 2. The van der Waals surface area contributed by atoms with E-state index in [1.165, 1.54) is 37.3 Å². The molecule has 2 aromatic carbocycles. The van der Waals surface area contributed by atoms with Gasteiger partial charge < -0.3 is 19.7 Å². The van der Waals surface area contributed by atoms with Crippen LogP contribution in [0.15, 0.2) is 36.4 Å². The lowest BCUT2D eigenvalue weighted by atomic mass is 10.1. The van der Waals surface area contributed by atoms with Crippen LogP contribution in [0.25, 0.3) is 0 Å². The topological polar surface area (TPSA) is 105 Å². The highest BCUT2D eigenvalue weighted by atomic mass is 35.5. The van der Waals surface area contributed by atoms with Crippen molar-refractivity contribution >= 4 is 50.7 Å². The van der Waals surface area contributed by atoms with Crippen LogP contribution in [-0.4, -0.2) is 64.2 Å². The van der Waals surface area contributed by atoms with Gasteiger partial charge in [-0.15, -0.1) is 0 Å². The largest absolute Gasteiger partial charge is 0.493 e. The lowest BCUT2D eigenvalue weighted by Crippen LogP contribution is -2.52. The number of benzene rings is 2. The number of rotatable bonds is 12. The molecule has 204 valence electrons. The summed E-state index contributed by atoms with van der Waals surface area (Å²) in [6.45, 7) is 4.78. The van der Waals surface area contributed by atoms with E-state index in [9.17, 15) is 18.0 Å². The number of anilines is 1. The molecule has 0 bridgehead atoms. The minimum absolute atomic E-state index is 0.0343. The highest BCUT2D eigenvalue weighted by molar-refractivity contribution is 7.92. The summed E-state index contributed by atoms with van der Waals surface area (Å²) < 4.78 is 37.0. The molecule has 0 spiro atoms. The van der Waals surface area contributed by atoms with Crippen LogP contribution < -0.4 is 19.1 Å². The number of sulfonamides is 1. The van der Waals surface area contributed by atoms with Crippen molar-refractivity contribution in [1.29, 1.82) is 0 Å². The van der Waals surface area contributed by atoms with E-state index >= 15 is 0 Å². The summed E-state index contributed by atoms with van der Waals surface area (Å²) >= 11 is 12.4. The maximum absolute atomic E-state index is 13.6. The van der Waals surface area contributed by atoms with Gasteiger partial charge in [-0.1, -0.05) is 36.2 Å². The first-order chi connectivity index (χ1) is 17.3. The molecule has 1 N–H and O–H groups in total. The first-order valence-corrected chi connectivity index (χ1v) is 14.2. The Kier molecular flexibility index (Phi) is 10.9. The molecule has 37 heavy (non-hydrogen) atoms. The molecule has 0 aliphatic rings. The van der Waals surface area contributed by atoms with E-state index in [4.69, 9.17) is 32.7 Å². The van der Waals surface area contributed by atoms with Gasteiger partial charge in [0, 0.05) is 28.7 Å². The quantitative estimate of drug-likeness (QED) is 0.409. The van der Waals surface area contributed by atoms with Crippen LogP contribution in [0, 0.1) is 0 Å². The van der Waals surface area contributed by atoms with E-state index < -0.39 is 28.5 Å². The molecular weight excluding hydrogens is 541 g/mol. The molecule has 0 saturated heterocycles. The van der Waals surface area contributed by atoms with Gasteiger partial charge >= 0.3 is 0 Å². The summed E-state index contributed by atoms with van der Waals surface area (Å²) in [5.41, 5.74) is 0.759. The van der Waals surface area contributed by atoms with Gasteiger partial charge in [-0.25, -0.2) is 8.42 Å². The Labute approximate surface area is 228 Å². The first kappa shape index (κ1) is 30.5. The number of hydrogen-bond donors (Lipinski definition) is 1. The van der Waals surface area contributed by atoms with E-state index in [2.05, 4.69) is 5.32 Å². The third-order valence-electron chi connectivity index (χ3n) is 5.86. The van der Waals surface area contributed by atoms with Crippen LogP contribution in [0.1, 0.15) is 32.8 Å². The summed E-state index contributed by atoms with van der Waals surface area (Å²) in [6.07, 6.45) is 1.70. The maximum Gasteiger partial charge on any atom is 0.244 e. The fourth-order valence-corrected chi connectivity index (χ4v) is 4.79. The molecule has 2 amide bonds. The molecule has 0 fully saturated rings. The Bertz CT molecular complexity index is 1220. The van der Waals surface area contributed by atoms with Gasteiger partial charge in [0.2, 0.25) is 21.8 Å². The molecule has 0 aliphatic carbocycles. The highest BCUT2D eigenvalue weighted by Gasteiger charge is 2.31. The summed E-state index contributed by atoms with van der Waals surface area (Å²) in [5.74, 6) is -0.268. The minimum atomic E-state index is -3.90. The van der Waals surface area contributed by atoms with Crippen molar-refractivity contribution in [1.82, 2.24) is 10.2 Å². The Morgan fingerprint density at radius 3 is 2.22 bits per heavy atom. The monoisotopic (exact) mass is 573 g/mol. The number of nitrogens with zero attached hydrogens (tertiary/aromatic N) is 2. The second-order valence-electron chi connectivity index (χ2n) is 8.56. The van der Waals surface area contributed by atoms with E-state index in [0.29, 0.717) is 33.5 Å². The fourth-order valence-electron chi connectivity index (χ4n) is 3.48. The summed E-state index contributed by atoms with van der Waals surface area (Å²) in [5, 5.41) is 3.61. The number of halogens is 2. The van der Waals surface area contributed by atoms with E-state index in [0.717, 1.165) is 10.6 Å². The second-order valence-corrected chi connectivity index (χ2v) is 11.3. The SMILES string of the molecule is CCC(C)NC(=O)C(C)N(Cc1ccc(Cl)cc1Cl)C(=O)CN(c1ccc(OC)c(OC)c1)S(C)(=O)=O. The van der Waals surface area contributed by atoms with Gasteiger partial charge in [-0.3, -0.25) is 13.9 Å².